The van der Waals surface area contributed by atoms with Crippen molar-refractivity contribution >= 4 is 34.8 Å². The second-order valence-electron chi connectivity index (χ2n) is 5.36. The summed E-state index contributed by atoms with van der Waals surface area (Å²) in [5, 5.41) is 0.607. The van der Waals surface area contributed by atoms with Crippen molar-refractivity contribution in [3.63, 3.8) is 0 Å². The molecule has 3 nitrogen and oxygen atoms in total. The Morgan fingerprint density at radius 2 is 2.00 bits per heavy atom. The zero-order valence-electron chi connectivity index (χ0n) is 11.1. The molecule has 0 saturated carbocycles. The number of amides is 1. The first-order chi connectivity index (χ1) is 8.90. The molecule has 0 spiro atoms. The van der Waals surface area contributed by atoms with Gasteiger partial charge in [0.1, 0.15) is 0 Å². The molecule has 0 aliphatic carbocycles. The number of nitrogens with two attached hydrogens (primary N) is 1. The summed E-state index contributed by atoms with van der Waals surface area (Å²) in [7, 11) is 0. The van der Waals surface area contributed by atoms with E-state index in [9.17, 15) is 4.79 Å². The highest BCUT2D eigenvalue weighted by Gasteiger charge is 2.28. The number of carbonyl (C=O) groups is 1. The molecule has 2 atom stereocenters. The zero-order valence-corrected chi connectivity index (χ0v) is 12.6. The Balaban J connectivity index is 2.25. The molecule has 1 aliphatic heterocycles. The van der Waals surface area contributed by atoms with Gasteiger partial charge in [0.05, 0.1) is 15.6 Å². The summed E-state index contributed by atoms with van der Waals surface area (Å²) >= 11 is 12.1. The molecule has 2 N–H and O–H groups in total. The third-order valence-corrected chi connectivity index (χ3v) is 4.70. The lowest BCUT2D eigenvalue weighted by atomic mass is 9.88. The van der Waals surface area contributed by atoms with Crippen molar-refractivity contribution in [2.24, 2.45) is 11.8 Å². The van der Waals surface area contributed by atoms with Crippen LogP contribution in [0.4, 0.5) is 5.69 Å². The normalized spacial score (nSPS) is 23.5. The lowest BCUT2D eigenvalue weighted by molar-refractivity contribution is 0.0627. The number of benzene rings is 1. The predicted octanol–water partition coefficient (Wildman–Crippen LogP) is 3.69. The molecule has 0 radical (unpaired) electrons. The molecule has 0 bridgehead atoms. The number of piperidine rings is 1. The maximum absolute atomic E-state index is 12.5. The van der Waals surface area contributed by atoms with Crippen LogP contribution < -0.4 is 5.73 Å². The van der Waals surface area contributed by atoms with Gasteiger partial charge in [-0.2, -0.15) is 0 Å². The molecule has 1 aromatic rings. The second-order valence-corrected chi connectivity index (χ2v) is 6.14. The minimum atomic E-state index is -0.0852. The van der Waals surface area contributed by atoms with Crippen LogP contribution in [-0.2, 0) is 0 Å². The lowest BCUT2D eigenvalue weighted by Gasteiger charge is -2.35. The average molecular weight is 301 g/mol. The second kappa shape index (κ2) is 5.59. The van der Waals surface area contributed by atoms with Gasteiger partial charge in [-0.1, -0.05) is 37.0 Å². The van der Waals surface area contributed by atoms with Crippen LogP contribution in [-0.4, -0.2) is 23.9 Å². The molecular weight excluding hydrogens is 283 g/mol. The molecule has 1 aliphatic rings. The summed E-state index contributed by atoms with van der Waals surface area (Å²) in [6, 6.07) is 3.15. The molecule has 19 heavy (non-hydrogen) atoms. The van der Waals surface area contributed by atoms with Gasteiger partial charge in [-0.25, -0.2) is 0 Å². The molecule has 1 saturated heterocycles. The number of halogens is 2. The molecule has 0 aromatic heterocycles. The van der Waals surface area contributed by atoms with E-state index >= 15 is 0 Å². The molecule has 2 unspecified atom stereocenters. The molecular formula is C14H18Cl2N2O. The Bertz CT molecular complexity index is 504. The number of hydrogen-bond donors (Lipinski definition) is 1. The van der Waals surface area contributed by atoms with Crippen LogP contribution in [0.5, 0.6) is 0 Å². The predicted molar refractivity (Wildman–Crippen MR) is 79.7 cm³/mol. The Labute approximate surface area is 123 Å². The first-order valence-corrected chi connectivity index (χ1v) is 7.19. The summed E-state index contributed by atoms with van der Waals surface area (Å²) < 4.78 is 0. The van der Waals surface area contributed by atoms with E-state index in [-0.39, 0.29) is 10.9 Å². The van der Waals surface area contributed by atoms with E-state index in [1.54, 1.807) is 12.1 Å². The Morgan fingerprint density at radius 3 is 2.63 bits per heavy atom. The number of nitrogen functional groups attached to an aromatic ring is 1. The van der Waals surface area contributed by atoms with Gasteiger partial charge < -0.3 is 10.6 Å². The molecule has 104 valence electrons. The van der Waals surface area contributed by atoms with Gasteiger partial charge in [0.15, 0.2) is 0 Å². The third-order valence-electron chi connectivity index (χ3n) is 3.90. The molecule has 1 fully saturated rings. The van der Waals surface area contributed by atoms with Crippen LogP contribution >= 0.6 is 23.2 Å². The van der Waals surface area contributed by atoms with Crippen molar-refractivity contribution in [1.29, 1.82) is 0 Å². The minimum Gasteiger partial charge on any atom is -0.399 e. The van der Waals surface area contributed by atoms with E-state index in [0.717, 1.165) is 19.5 Å². The van der Waals surface area contributed by atoms with E-state index in [4.69, 9.17) is 28.9 Å². The van der Waals surface area contributed by atoms with E-state index < -0.39 is 0 Å². The summed E-state index contributed by atoms with van der Waals surface area (Å²) in [5.41, 5.74) is 6.58. The standard InChI is InChI=1S/C14H18Cl2N2O/c1-8-3-4-18(7-9(8)2)14(19)11-5-10(17)6-12(15)13(11)16/h5-6,8-9H,3-4,7,17H2,1-2H3. The first-order valence-electron chi connectivity index (χ1n) is 6.44. The number of nitrogens with zero attached hydrogens (tertiary/aromatic N) is 1. The van der Waals surface area contributed by atoms with Crippen molar-refractivity contribution in [2.45, 2.75) is 20.3 Å². The fourth-order valence-electron chi connectivity index (χ4n) is 2.38. The Kier molecular flexibility index (Phi) is 4.26. The van der Waals surface area contributed by atoms with Gasteiger partial charge in [-0.05, 0) is 30.4 Å². The lowest BCUT2D eigenvalue weighted by Crippen LogP contribution is -2.42. The Morgan fingerprint density at radius 1 is 1.32 bits per heavy atom. The number of anilines is 1. The summed E-state index contributed by atoms with van der Waals surface area (Å²) in [5.74, 6) is 1.05. The quantitative estimate of drug-likeness (QED) is 0.804. The molecule has 1 amide bonds. The summed E-state index contributed by atoms with van der Waals surface area (Å²) in [4.78, 5) is 14.3. The monoisotopic (exact) mass is 300 g/mol. The van der Waals surface area contributed by atoms with E-state index in [0.29, 0.717) is 28.1 Å². The van der Waals surface area contributed by atoms with E-state index in [1.165, 1.54) is 0 Å². The molecule has 1 heterocycles. The van der Waals surface area contributed by atoms with Crippen molar-refractivity contribution < 1.29 is 4.79 Å². The summed E-state index contributed by atoms with van der Waals surface area (Å²) in [6.45, 7) is 5.89. The van der Waals surface area contributed by atoms with Crippen LogP contribution in [0, 0.1) is 11.8 Å². The largest absolute Gasteiger partial charge is 0.399 e. The van der Waals surface area contributed by atoms with Crippen LogP contribution in [0.3, 0.4) is 0 Å². The average Bonchev–Trinajstić information content (AvgIpc) is 2.36. The van der Waals surface area contributed by atoms with Crippen LogP contribution in [0.2, 0.25) is 10.0 Å². The van der Waals surface area contributed by atoms with Gasteiger partial charge in [0, 0.05) is 18.8 Å². The maximum atomic E-state index is 12.5. The van der Waals surface area contributed by atoms with Crippen LogP contribution in [0.25, 0.3) is 0 Å². The highest BCUT2D eigenvalue weighted by molar-refractivity contribution is 6.44. The van der Waals surface area contributed by atoms with Gasteiger partial charge in [-0.15, -0.1) is 0 Å². The molecule has 2 rings (SSSR count). The van der Waals surface area contributed by atoms with Gasteiger partial charge >= 0.3 is 0 Å². The number of likely N-dealkylation sites (tertiary alicyclic amines) is 1. The fourth-order valence-corrected chi connectivity index (χ4v) is 2.80. The minimum absolute atomic E-state index is 0.0852. The fraction of sp³-hybridized carbons (Fsp3) is 0.500. The van der Waals surface area contributed by atoms with Crippen molar-refractivity contribution in [1.82, 2.24) is 4.90 Å². The first kappa shape index (κ1) is 14.5. The maximum Gasteiger partial charge on any atom is 0.255 e. The topological polar surface area (TPSA) is 46.3 Å². The SMILES string of the molecule is CC1CCN(C(=O)c2cc(N)cc(Cl)c2Cl)CC1C. The molecule has 5 heteroatoms. The number of rotatable bonds is 1. The highest BCUT2D eigenvalue weighted by Crippen LogP contribution is 2.31. The van der Waals surface area contributed by atoms with Crippen LogP contribution in [0.1, 0.15) is 30.6 Å². The van der Waals surface area contributed by atoms with Gasteiger partial charge in [-0.3, -0.25) is 4.79 Å². The van der Waals surface area contributed by atoms with Crippen molar-refractivity contribution in [3.8, 4) is 0 Å². The third kappa shape index (κ3) is 2.98. The zero-order chi connectivity index (χ0) is 14.2. The van der Waals surface area contributed by atoms with Gasteiger partial charge in [0.2, 0.25) is 0 Å². The van der Waals surface area contributed by atoms with Crippen molar-refractivity contribution in [3.05, 3.63) is 27.7 Å². The van der Waals surface area contributed by atoms with E-state index in [1.807, 2.05) is 4.90 Å². The smallest absolute Gasteiger partial charge is 0.255 e. The highest BCUT2D eigenvalue weighted by atomic mass is 35.5. The van der Waals surface area contributed by atoms with E-state index in [2.05, 4.69) is 13.8 Å². The van der Waals surface area contributed by atoms with Gasteiger partial charge in [0.25, 0.3) is 5.91 Å². The number of carbonyl (C=O) groups excluding carboxylic acids is 1. The van der Waals surface area contributed by atoms with Crippen LogP contribution in [0.15, 0.2) is 12.1 Å². The summed E-state index contributed by atoms with van der Waals surface area (Å²) in [6.07, 6.45) is 1.01. The number of hydrogen-bond acceptors (Lipinski definition) is 2. The van der Waals surface area contributed by atoms with Crippen molar-refractivity contribution in [2.75, 3.05) is 18.8 Å². The Hall–Kier alpha value is -0.930. The molecule has 1 aromatic carbocycles.